The third-order valence-corrected chi connectivity index (χ3v) is 6.93. The lowest BCUT2D eigenvalue weighted by molar-refractivity contribution is -0.143. The van der Waals surface area contributed by atoms with Gasteiger partial charge in [-0.25, -0.2) is 8.42 Å². The maximum atomic E-state index is 13.1. The van der Waals surface area contributed by atoms with Crippen LogP contribution in [0, 0.1) is 6.92 Å². The average Bonchev–Trinajstić information content (AvgIpc) is 3.04. The predicted octanol–water partition coefficient (Wildman–Crippen LogP) is 2.91. The molecule has 0 spiro atoms. The van der Waals surface area contributed by atoms with Crippen molar-refractivity contribution in [3.8, 4) is 0 Å². The number of aromatic nitrogens is 2. The number of amides is 1. The zero-order valence-corrected chi connectivity index (χ0v) is 17.6. The summed E-state index contributed by atoms with van der Waals surface area (Å²) in [4.78, 5) is 12.7. The normalized spacial score (nSPS) is 16.4. The van der Waals surface area contributed by atoms with Crippen LogP contribution < -0.4 is 0 Å². The van der Waals surface area contributed by atoms with Crippen molar-refractivity contribution in [2.24, 2.45) is 7.05 Å². The second-order valence-electron chi connectivity index (χ2n) is 7.23. The second-order valence-corrected chi connectivity index (χ2v) is 9.17. The summed E-state index contributed by atoms with van der Waals surface area (Å²) in [7, 11) is -3.03. The molecule has 176 valence electrons. The van der Waals surface area contributed by atoms with E-state index in [-0.39, 0.29) is 50.1 Å². The van der Waals surface area contributed by atoms with Crippen molar-refractivity contribution < 1.29 is 39.6 Å². The van der Waals surface area contributed by atoms with Crippen LogP contribution in [0.4, 0.5) is 26.3 Å². The fourth-order valence-electron chi connectivity index (χ4n) is 3.18. The molecular weight excluding hydrogens is 466 g/mol. The van der Waals surface area contributed by atoms with Gasteiger partial charge in [0.15, 0.2) is 5.69 Å². The molecule has 0 N–H and O–H groups in total. The zero-order chi connectivity index (χ0) is 24.1. The quantitative estimate of drug-likeness (QED) is 0.628. The van der Waals surface area contributed by atoms with Crippen molar-refractivity contribution in [2.75, 3.05) is 26.2 Å². The summed E-state index contributed by atoms with van der Waals surface area (Å²) in [5.74, 6) is -0.454. The Morgan fingerprint density at radius 2 is 1.41 bits per heavy atom. The molecule has 3 rings (SSSR count). The van der Waals surface area contributed by atoms with Crippen LogP contribution in [0.25, 0.3) is 0 Å². The number of nitrogens with zero attached hydrogens (tertiary/aromatic N) is 4. The number of alkyl halides is 6. The number of hydrogen-bond donors (Lipinski definition) is 0. The van der Waals surface area contributed by atoms with Crippen molar-refractivity contribution in [2.45, 2.75) is 24.2 Å². The van der Waals surface area contributed by atoms with Crippen molar-refractivity contribution >= 4 is 15.9 Å². The van der Waals surface area contributed by atoms with Gasteiger partial charge in [0, 0.05) is 38.9 Å². The maximum absolute atomic E-state index is 13.1. The molecule has 2 heterocycles. The Bertz CT molecular complexity index is 1080. The van der Waals surface area contributed by atoms with E-state index in [9.17, 15) is 39.6 Å². The van der Waals surface area contributed by atoms with E-state index in [0.717, 1.165) is 10.00 Å². The highest BCUT2D eigenvalue weighted by Gasteiger charge is 2.40. The molecule has 1 aromatic carbocycles. The van der Waals surface area contributed by atoms with E-state index < -0.39 is 44.3 Å². The standard InChI is InChI=1S/C18H18F6N4O3S/c1-11-7-15(25-26(11)2)16(29)27-3-5-28(6-4-27)32(30,31)14-9-12(17(19,20)21)8-13(10-14)18(22,23)24/h7-10H,3-6H2,1-2H3. The first-order chi connectivity index (χ1) is 14.6. The van der Waals surface area contributed by atoms with Crippen LogP contribution >= 0.6 is 0 Å². The third kappa shape index (κ3) is 4.75. The number of benzene rings is 1. The molecule has 7 nitrogen and oxygen atoms in total. The molecule has 1 saturated heterocycles. The smallest absolute Gasteiger partial charge is 0.335 e. The lowest BCUT2D eigenvalue weighted by Crippen LogP contribution is -2.50. The van der Waals surface area contributed by atoms with E-state index in [1.165, 1.54) is 9.58 Å². The number of piperazine rings is 1. The molecule has 2 aromatic rings. The van der Waals surface area contributed by atoms with E-state index in [1.807, 2.05) is 0 Å². The average molecular weight is 484 g/mol. The van der Waals surface area contributed by atoms with Crippen LogP contribution in [0.15, 0.2) is 29.2 Å². The van der Waals surface area contributed by atoms with Gasteiger partial charge in [0.25, 0.3) is 5.91 Å². The minimum absolute atomic E-state index is 0.0984. The fraction of sp³-hybridized carbons (Fsp3) is 0.444. The van der Waals surface area contributed by atoms with Crippen LogP contribution in [-0.4, -0.2) is 59.5 Å². The first-order valence-electron chi connectivity index (χ1n) is 9.20. The van der Waals surface area contributed by atoms with Gasteiger partial charge in [0.2, 0.25) is 10.0 Å². The highest BCUT2D eigenvalue weighted by atomic mass is 32.2. The Kier molecular flexibility index (Phi) is 6.06. The van der Waals surface area contributed by atoms with Gasteiger partial charge in [-0.2, -0.15) is 35.7 Å². The molecule has 0 unspecified atom stereocenters. The van der Waals surface area contributed by atoms with E-state index >= 15 is 0 Å². The van der Waals surface area contributed by atoms with Gasteiger partial charge in [-0.3, -0.25) is 9.48 Å². The van der Waals surface area contributed by atoms with Crippen LogP contribution in [0.2, 0.25) is 0 Å². The monoisotopic (exact) mass is 484 g/mol. The Morgan fingerprint density at radius 3 is 1.81 bits per heavy atom. The summed E-state index contributed by atoms with van der Waals surface area (Å²) in [5.41, 5.74) is -2.57. The van der Waals surface area contributed by atoms with Gasteiger partial charge in [-0.1, -0.05) is 0 Å². The van der Waals surface area contributed by atoms with Gasteiger partial charge in [-0.05, 0) is 31.2 Å². The summed E-state index contributed by atoms with van der Waals surface area (Å²) in [5, 5.41) is 4.05. The van der Waals surface area contributed by atoms with Gasteiger partial charge in [0.05, 0.1) is 16.0 Å². The lowest BCUT2D eigenvalue weighted by Gasteiger charge is -2.33. The Morgan fingerprint density at radius 1 is 0.906 bits per heavy atom. The molecule has 32 heavy (non-hydrogen) atoms. The molecule has 1 aliphatic rings. The maximum Gasteiger partial charge on any atom is 0.416 e. The van der Waals surface area contributed by atoms with E-state index in [1.54, 1.807) is 20.0 Å². The number of halogens is 6. The number of sulfonamides is 1. The van der Waals surface area contributed by atoms with Crippen LogP contribution in [0.1, 0.15) is 27.3 Å². The molecule has 0 saturated carbocycles. The Balaban J connectivity index is 1.84. The first-order valence-corrected chi connectivity index (χ1v) is 10.6. The number of aryl methyl sites for hydroxylation is 2. The van der Waals surface area contributed by atoms with Gasteiger partial charge in [-0.15, -0.1) is 0 Å². The molecule has 0 radical (unpaired) electrons. The third-order valence-electron chi connectivity index (χ3n) is 5.06. The fourth-order valence-corrected chi connectivity index (χ4v) is 4.68. The van der Waals surface area contributed by atoms with Crippen molar-refractivity contribution in [1.82, 2.24) is 19.0 Å². The zero-order valence-electron chi connectivity index (χ0n) is 16.8. The van der Waals surface area contributed by atoms with Gasteiger partial charge < -0.3 is 4.90 Å². The minimum Gasteiger partial charge on any atom is -0.335 e. The summed E-state index contributed by atoms with van der Waals surface area (Å²) in [6.07, 6.45) is -10.3. The molecule has 1 amide bonds. The van der Waals surface area contributed by atoms with Crippen molar-refractivity contribution in [3.63, 3.8) is 0 Å². The van der Waals surface area contributed by atoms with Crippen molar-refractivity contribution in [1.29, 1.82) is 0 Å². The van der Waals surface area contributed by atoms with Gasteiger partial charge in [0.1, 0.15) is 0 Å². The van der Waals surface area contributed by atoms with Crippen LogP contribution in [0.5, 0.6) is 0 Å². The highest BCUT2D eigenvalue weighted by molar-refractivity contribution is 7.89. The summed E-state index contributed by atoms with van der Waals surface area (Å²) < 4.78 is 106. The van der Waals surface area contributed by atoms with Gasteiger partial charge >= 0.3 is 12.4 Å². The molecule has 14 heteroatoms. The van der Waals surface area contributed by atoms with E-state index in [4.69, 9.17) is 0 Å². The first kappa shape index (κ1) is 24.0. The molecule has 1 fully saturated rings. The largest absolute Gasteiger partial charge is 0.416 e. The topological polar surface area (TPSA) is 75.5 Å². The molecule has 1 aromatic heterocycles. The number of rotatable bonds is 3. The number of carbonyl (C=O) groups excluding carboxylic acids is 1. The summed E-state index contributed by atoms with van der Waals surface area (Å²) in [6.45, 7) is 0.949. The molecule has 0 atom stereocenters. The number of hydrogen-bond acceptors (Lipinski definition) is 4. The van der Waals surface area contributed by atoms with E-state index in [2.05, 4.69) is 5.10 Å². The predicted molar refractivity (Wildman–Crippen MR) is 99.1 cm³/mol. The molecule has 0 aliphatic carbocycles. The van der Waals surface area contributed by atoms with Crippen molar-refractivity contribution in [3.05, 3.63) is 46.8 Å². The Labute approximate surface area is 179 Å². The van der Waals surface area contributed by atoms with Crippen LogP contribution in [-0.2, 0) is 29.4 Å². The number of carbonyl (C=O) groups is 1. The lowest BCUT2D eigenvalue weighted by atomic mass is 10.1. The summed E-state index contributed by atoms with van der Waals surface area (Å²) >= 11 is 0. The second kappa shape index (κ2) is 8.06. The van der Waals surface area contributed by atoms with Crippen LogP contribution in [0.3, 0.4) is 0 Å². The molecule has 1 aliphatic heterocycles. The molecular formula is C18H18F6N4O3S. The summed E-state index contributed by atoms with van der Waals surface area (Å²) in [6, 6.07) is 1.77. The highest BCUT2D eigenvalue weighted by Crippen LogP contribution is 2.37. The SMILES string of the molecule is Cc1cc(C(=O)N2CCN(S(=O)(=O)c3cc(C(F)(F)F)cc(C(F)(F)F)c3)CC2)nn1C. The minimum atomic E-state index is -5.17. The van der Waals surface area contributed by atoms with E-state index in [0.29, 0.717) is 0 Å². The Hall–Kier alpha value is -2.61. The molecule has 0 bridgehead atoms.